The smallest absolute Gasteiger partial charge is 0.303 e. The molecule has 1 amide bonds. The Bertz CT molecular complexity index is 240. The molecule has 0 unspecified atom stereocenters. The van der Waals surface area contributed by atoms with Gasteiger partial charge >= 0.3 is 5.97 Å². The summed E-state index contributed by atoms with van der Waals surface area (Å²) in [6, 6.07) is 0.229. The van der Waals surface area contributed by atoms with Gasteiger partial charge in [-0.15, -0.1) is 0 Å². The Labute approximate surface area is 83.0 Å². The van der Waals surface area contributed by atoms with E-state index in [9.17, 15) is 9.59 Å². The summed E-state index contributed by atoms with van der Waals surface area (Å²) in [5.41, 5.74) is 0. The Morgan fingerprint density at radius 3 is 2.50 bits per heavy atom. The second kappa shape index (κ2) is 5.42. The summed E-state index contributed by atoms with van der Waals surface area (Å²) >= 11 is 0. The van der Waals surface area contributed by atoms with E-state index in [1.165, 1.54) is 0 Å². The number of carbonyl (C=O) groups is 2. The molecule has 0 saturated heterocycles. The fourth-order valence-electron chi connectivity index (χ4n) is 1.44. The fraction of sp³-hybridized carbons (Fsp3) is 0.600. The second-order valence-electron chi connectivity index (χ2n) is 3.45. The van der Waals surface area contributed by atoms with Crippen molar-refractivity contribution in [1.82, 2.24) is 5.32 Å². The highest BCUT2D eigenvalue weighted by molar-refractivity contribution is 5.77. The maximum absolute atomic E-state index is 11.2. The van der Waals surface area contributed by atoms with Crippen molar-refractivity contribution in [3.8, 4) is 0 Å². The van der Waals surface area contributed by atoms with Gasteiger partial charge in [-0.3, -0.25) is 9.59 Å². The van der Waals surface area contributed by atoms with E-state index < -0.39 is 5.97 Å². The molecule has 4 nitrogen and oxygen atoms in total. The number of aliphatic carboxylic acids is 1. The van der Waals surface area contributed by atoms with Gasteiger partial charge in [-0.2, -0.15) is 0 Å². The van der Waals surface area contributed by atoms with Crippen molar-refractivity contribution in [3.05, 3.63) is 12.2 Å². The Morgan fingerprint density at radius 2 is 1.93 bits per heavy atom. The first-order valence-corrected chi connectivity index (χ1v) is 4.84. The monoisotopic (exact) mass is 197 g/mol. The van der Waals surface area contributed by atoms with Gasteiger partial charge in [0.25, 0.3) is 0 Å². The molecule has 0 radical (unpaired) electrons. The van der Waals surface area contributed by atoms with Crippen molar-refractivity contribution in [1.29, 1.82) is 0 Å². The number of amides is 1. The van der Waals surface area contributed by atoms with Crippen LogP contribution in [0.4, 0.5) is 0 Å². The normalized spacial score (nSPS) is 15.7. The molecule has 0 bridgehead atoms. The third kappa shape index (κ3) is 4.07. The molecule has 0 spiro atoms. The minimum absolute atomic E-state index is 0.0417. The van der Waals surface area contributed by atoms with Crippen molar-refractivity contribution in [3.63, 3.8) is 0 Å². The first-order valence-electron chi connectivity index (χ1n) is 4.84. The fourth-order valence-corrected chi connectivity index (χ4v) is 1.44. The molecule has 0 saturated carbocycles. The number of carboxylic acids is 1. The molecule has 1 rings (SSSR count). The van der Waals surface area contributed by atoms with Crippen LogP contribution in [-0.2, 0) is 9.59 Å². The number of carbonyl (C=O) groups excluding carboxylic acids is 1. The third-order valence-corrected chi connectivity index (χ3v) is 2.17. The average molecular weight is 197 g/mol. The number of rotatable bonds is 5. The highest BCUT2D eigenvalue weighted by atomic mass is 16.4. The van der Waals surface area contributed by atoms with Crippen molar-refractivity contribution in [2.45, 2.75) is 38.1 Å². The topological polar surface area (TPSA) is 66.4 Å². The first-order chi connectivity index (χ1) is 6.68. The first kappa shape index (κ1) is 10.8. The molecule has 1 aliphatic carbocycles. The van der Waals surface area contributed by atoms with Crippen molar-refractivity contribution in [2.75, 3.05) is 0 Å². The van der Waals surface area contributed by atoms with E-state index in [0.717, 1.165) is 12.8 Å². The van der Waals surface area contributed by atoms with Crippen LogP contribution in [-0.4, -0.2) is 23.0 Å². The van der Waals surface area contributed by atoms with Gasteiger partial charge in [-0.05, 0) is 19.3 Å². The van der Waals surface area contributed by atoms with E-state index in [4.69, 9.17) is 5.11 Å². The number of carboxylic acid groups (broad SMARTS) is 1. The molecule has 0 aliphatic heterocycles. The molecular formula is C10H15NO3. The average Bonchev–Trinajstić information content (AvgIpc) is 2.56. The standard InChI is InChI=1S/C10H15NO3/c12-9(6-3-7-10(13)14)11-8-4-1-2-5-8/h1-2,8H,3-7H2,(H,11,12)(H,13,14). The lowest BCUT2D eigenvalue weighted by molar-refractivity contribution is -0.137. The summed E-state index contributed by atoms with van der Waals surface area (Å²) in [5, 5.41) is 11.2. The maximum atomic E-state index is 11.2. The summed E-state index contributed by atoms with van der Waals surface area (Å²) in [4.78, 5) is 21.4. The summed E-state index contributed by atoms with van der Waals surface area (Å²) < 4.78 is 0. The predicted molar refractivity (Wildman–Crippen MR) is 51.8 cm³/mol. The predicted octanol–water partition coefficient (Wildman–Crippen LogP) is 1.08. The highest BCUT2D eigenvalue weighted by Crippen LogP contribution is 2.09. The van der Waals surface area contributed by atoms with Gasteiger partial charge in [0.2, 0.25) is 5.91 Å². The quantitative estimate of drug-likeness (QED) is 0.648. The van der Waals surface area contributed by atoms with E-state index in [1.54, 1.807) is 0 Å². The number of hydrogen-bond acceptors (Lipinski definition) is 2. The lowest BCUT2D eigenvalue weighted by Crippen LogP contribution is -2.32. The van der Waals surface area contributed by atoms with Crippen LogP contribution in [0, 0.1) is 0 Å². The molecule has 0 fully saturated rings. The summed E-state index contributed by atoms with van der Waals surface area (Å²) in [6.45, 7) is 0. The molecule has 1 aliphatic rings. The van der Waals surface area contributed by atoms with Crippen LogP contribution in [0.15, 0.2) is 12.2 Å². The van der Waals surface area contributed by atoms with E-state index in [-0.39, 0.29) is 18.4 Å². The van der Waals surface area contributed by atoms with Gasteiger partial charge in [0.05, 0.1) is 0 Å². The Hall–Kier alpha value is -1.32. The number of nitrogens with one attached hydrogen (secondary N) is 1. The van der Waals surface area contributed by atoms with Gasteiger partial charge in [-0.1, -0.05) is 12.2 Å². The SMILES string of the molecule is O=C(O)CCCC(=O)NC1CC=CC1. The van der Waals surface area contributed by atoms with Crippen LogP contribution < -0.4 is 5.32 Å². The largest absolute Gasteiger partial charge is 0.481 e. The molecular weight excluding hydrogens is 182 g/mol. The zero-order chi connectivity index (χ0) is 10.4. The van der Waals surface area contributed by atoms with Crippen LogP contribution in [0.25, 0.3) is 0 Å². The zero-order valence-corrected chi connectivity index (χ0v) is 8.03. The Morgan fingerprint density at radius 1 is 1.29 bits per heavy atom. The van der Waals surface area contributed by atoms with Crippen LogP contribution >= 0.6 is 0 Å². The molecule has 14 heavy (non-hydrogen) atoms. The van der Waals surface area contributed by atoms with Gasteiger partial charge in [0, 0.05) is 18.9 Å². The zero-order valence-electron chi connectivity index (χ0n) is 8.03. The lowest BCUT2D eigenvalue weighted by atomic mass is 10.2. The van der Waals surface area contributed by atoms with Crippen molar-refractivity contribution >= 4 is 11.9 Å². The van der Waals surface area contributed by atoms with Crippen molar-refractivity contribution < 1.29 is 14.7 Å². The Balaban J connectivity index is 2.07. The Kier molecular flexibility index (Phi) is 4.16. The molecule has 0 aromatic heterocycles. The van der Waals surface area contributed by atoms with Crippen LogP contribution in [0.2, 0.25) is 0 Å². The summed E-state index contributed by atoms with van der Waals surface area (Å²) in [6.07, 6.45) is 6.67. The maximum Gasteiger partial charge on any atom is 0.303 e. The number of hydrogen-bond donors (Lipinski definition) is 2. The molecule has 0 aromatic rings. The van der Waals surface area contributed by atoms with E-state index in [2.05, 4.69) is 5.32 Å². The molecule has 0 aromatic carbocycles. The van der Waals surface area contributed by atoms with E-state index in [1.807, 2.05) is 12.2 Å². The lowest BCUT2D eigenvalue weighted by Gasteiger charge is -2.11. The molecule has 0 atom stereocenters. The summed E-state index contributed by atoms with van der Waals surface area (Å²) in [7, 11) is 0. The van der Waals surface area contributed by atoms with Gasteiger partial charge < -0.3 is 10.4 Å². The second-order valence-corrected chi connectivity index (χ2v) is 3.45. The van der Waals surface area contributed by atoms with Gasteiger partial charge in [-0.25, -0.2) is 0 Å². The minimum atomic E-state index is -0.847. The molecule has 78 valence electrons. The highest BCUT2D eigenvalue weighted by Gasteiger charge is 2.12. The van der Waals surface area contributed by atoms with E-state index >= 15 is 0 Å². The van der Waals surface area contributed by atoms with Gasteiger partial charge in [0.15, 0.2) is 0 Å². The molecule has 4 heteroatoms. The van der Waals surface area contributed by atoms with Crippen LogP contribution in [0.5, 0.6) is 0 Å². The molecule has 2 N–H and O–H groups in total. The van der Waals surface area contributed by atoms with Crippen LogP contribution in [0.3, 0.4) is 0 Å². The minimum Gasteiger partial charge on any atom is -0.481 e. The van der Waals surface area contributed by atoms with E-state index in [0.29, 0.717) is 12.8 Å². The van der Waals surface area contributed by atoms with Gasteiger partial charge in [0.1, 0.15) is 0 Å². The van der Waals surface area contributed by atoms with Crippen LogP contribution in [0.1, 0.15) is 32.1 Å². The van der Waals surface area contributed by atoms with Crippen molar-refractivity contribution in [2.24, 2.45) is 0 Å². The summed E-state index contributed by atoms with van der Waals surface area (Å²) in [5.74, 6) is -0.889. The molecule has 0 heterocycles. The third-order valence-electron chi connectivity index (χ3n) is 2.17.